The minimum Gasteiger partial charge on any atom is -0.316 e. The maximum Gasteiger partial charge on any atom is 0.0195 e. The topological polar surface area (TPSA) is 18.5 Å². The molecule has 0 saturated carbocycles. The molecule has 0 spiro atoms. The third kappa shape index (κ3) is 2.94. The smallest absolute Gasteiger partial charge is 0.0195 e. The van der Waals surface area contributed by atoms with Crippen molar-refractivity contribution in [1.82, 2.24) is 15.1 Å². The zero-order valence-corrected chi connectivity index (χ0v) is 10.2. The van der Waals surface area contributed by atoms with Gasteiger partial charge in [0.15, 0.2) is 0 Å². The lowest BCUT2D eigenvalue weighted by Crippen LogP contribution is -2.56. The van der Waals surface area contributed by atoms with E-state index in [0.717, 1.165) is 0 Å². The Hall–Kier alpha value is -0.120. The van der Waals surface area contributed by atoms with Gasteiger partial charge in [-0.05, 0) is 34.9 Å². The first-order valence-corrected chi connectivity index (χ1v) is 5.66. The van der Waals surface area contributed by atoms with Crippen molar-refractivity contribution >= 4 is 0 Å². The predicted molar refractivity (Wildman–Crippen MR) is 61.6 cm³/mol. The van der Waals surface area contributed by atoms with Gasteiger partial charge < -0.3 is 5.32 Å². The molecule has 0 radical (unpaired) electrons. The highest BCUT2D eigenvalue weighted by atomic mass is 15.3. The van der Waals surface area contributed by atoms with Crippen molar-refractivity contribution in [2.24, 2.45) is 0 Å². The van der Waals surface area contributed by atoms with Crippen LogP contribution < -0.4 is 5.32 Å². The molecular formula is C11H25N3. The second-order valence-electron chi connectivity index (χ2n) is 4.77. The highest BCUT2D eigenvalue weighted by molar-refractivity contribution is 4.83. The van der Waals surface area contributed by atoms with E-state index in [1.54, 1.807) is 0 Å². The highest BCUT2D eigenvalue weighted by Crippen LogP contribution is 2.13. The van der Waals surface area contributed by atoms with Gasteiger partial charge in [-0.3, -0.25) is 9.80 Å². The summed E-state index contributed by atoms with van der Waals surface area (Å²) in [6, 6.07) is 1.96. The molecule has 2 unspecified atom stereocenters. The van der Waals surface area contributed by atoms with E-state index in [1.165, 1.54) is 19.6 Å². The van der Waals surface area contributed by atoms with Crippen molar-refractivity contribution in [3.8, 4) is 0 Å². The lowest BCUT2D eigenvalue weighted by atomic mass is 10.1. The van der Waals surface area contributed by atoms with Gasteiger partial charge in [0.05, 0.1) is 0 Å². The molecule has 0 aromatic rings. The maximum atomic E-state index is 3.30. The Kier molecular flexibility index (Phi) is 4.35. The summed E-state index contributed by atoms with van der Waals surface area (Å²) in [5.74, 6) is 0. The van der Waals surface area contributed by atoms with Crippen LogP contribution in [-0.2, 0) is 0 Å². The van der Waals surface area contributed by atoms with Crippen LogP contribution in [0.3, 0.4) is 0 Å². The maximum absolute atomic E-state index is 3.30. The number of hydrogen-bond donors (Lipinski definition) is 1. The molecule has 1 fully saturated rings. The van der Waals surface area contributed by atoms with Gasteiger partial charge in [0.1, 0.15) is 0 Å². The molecule has 1 rings (SSSR count). The fourth-order valence-corrected chi connectivity index (χ4v) is 2.14. The second kappa shape index (κ2) is 5.10. The Bertz CT molecular complexity index is 157. The van der Waals surface area contributed by atoms with Gasteiger partial charge in [-0.15, -0.1) is 0 Å². The van der Waals surface area contributed by atoms with E-state index in [-0.39, 0.29) is 0 Å². The number of rotatable bonds is 3. The zero-order valence-electron chi connectivity index (χ0n) is 10.2. The van der Waals surface area contributed by atoms with Crippen molar-refractivity contribution in [2.45, 2.75) is 38.9 Å². The molecule has 0 amide bonds. The molecule has 0 aromatic carbocycles. The number of piperazine rings is 1. The van der Waals surface area contributed by atoms with Gasteiger partial charge in [0, 0.05) is 37.8 Å². The Morgan fingerprint density at radius 2 is 1.79 bits per heavy atom. The lowest BCUT2D eigenvalue weighted by Gasteiger charge is -2.43. The third-order valence-electron chi connectivity index (χ3n) is 3.46. The van der Waals surface area contributed by atoms with E-state index in [1.807, 2.05) is 7.05 Å². The van der Waals surface area contributed by atoms with Crippen LogP contribution in [0.1, 0.15) is 20.8 Å². The first kappa shape index (κ1) is 12.0. The summed E-state index contributed by atoms with van der Waals surface area (Å²) < 4.78 is 0. The van der Waals surface area contributed by atoms with Crippen LogP contribution in [0.15, 0.2) is 0 Å². The molecule has 0 bridgehead atoms. The molecule has 3 atom stereocenters. The van der Waals surface area contributed by atoms with E-state index in [0.29, 0.717) is 18.1 Å². The predicted octanol–water partition coefficient (Wildman–Crippen LogP) is 0.619. The van der Waals surface area contributed by atoms with E-state index in [4.69, 9.17) is 0 Å². The molecule has 0 aliphatic carbocycles. The van der Waals surface area contributed by atoms with Crippen molar-refractivity contribution in [1.29, 1.82) is 0 Å². The largest absolute Gasteiger partial charge is 0.316 e. The van der Waals surface area contributed by atoms with Gasteiger partial charge in [-0.25, -0.2) is 0 Å². The Morgan fingerprint density at radius 1 is 1.29 bits per heavy atom. The Labute approximate surface area is 88.5 Å². The molecule has 1 saturated heterocycles. The van der Waals surface area contributed by atoms with Crippen LogP contribution in [0.5, 0.6) is 0 Å². The molecular weight excluding hydrogens is 174 g/mol. The summed E-state index contributed by atoms with van der Waals surface area (Å²) >= 11 is 0. The van der Waals surface area contributed by atoms with E-state index in [2.05, 4.69) is 42.9 Å². The molecule has 3 heteroatoms. The van der Waals surface area contributed by atoms with E-state index in [9.17, 15) is 0 Å². The number of likely N-dealkylation sites (N-methyl/N-ethyl adjacent to an activating group) is 2. The molecule has 0 aromatic heterocycles. The van der Waals surface area contributed by atoms with Gasteiger partial charge in [-0.1, -0.05) is 0 Å². The zero-order chi connectivity index (χ0) is 10.7. The van der Waals surface area contributed by atoms with E-state index < -0.39 is 0 Å². The van der Waals surface area contributed by atoms with Crippen LogP contribution in [0, 0.1) is 0 Å². The molecule has 84 valence electrons. The monoisotopic (exact) mass is 199 g/mol. The molecule has 1 aliphatic heterocycles. The van der Waals surface area contributed by atoms with Crippen LogP contribution in [0.2, 0.25) is 0 Å². The van der Waals surface area contributed by atoms with Gasteiger partial charge in [0.25, 0.3) is 0 Å². The van der Waals surface area contributed by atoms with Crippen LogP contribution in [-0.4, -0.2) is 61.7 Å². The first-order valence-electron chi connectivity index (χ1n) is 5.66. The summed E-state index contributed by atoms with van der Waals surface area (Å²) in [5.41, 5.74) is 0. The van der Waals surface area contributed by atoms with Crippen molar-refractivity contribution in [3.05, 3.63) is 0 Å². The summed E-state index contributed by atoms with van der Waals surface area (Å²) in [6.07, 6.45) is 0. The summed E-state index contributed by atoms with van der Waals surface area (Å²) in [4.78, 5) is 5.04. The average molecular weight is 199 g/mol. The number of nitrogens with one attached hydrogen (secondary N) is 1. The third-order valence-corrected chi connectivity index (χ3v) is 3.46. The fraction of sp³-hybridized carbons (Fsp3) is 1.00. The second-order valence-corrected chi connectivity index (χ2v) is 4.77. The molecule has 14 heavy (non-hydrogen) atoms. The lowest BCUT2D eigenvalue weighted by molar-refractivity contribution is 0.0559. The average Bonchev–Trinajstić information content (AvgIpc) is 2.14. The summed E-state index contributed by atoms with van der Waals surface area (Å²) in [6.45, 7) is 10.4. The molecule has 3 nitrogen and oxygen atoms in total. The van der Waals surface area contributed by atoms with Gasteiger partial charge in [0.2, 0.25) is 0 Å². The Balaban J connectivity index is 2.41. The van der Waals surface area contributed by atoms with Crippen LogP contribution in [0.4, 0.5) is 0 Å². The van der Waals surface area contributed by atoms with Gasteiger partial charge >= 0.3 is 0 Å². The minimum absolute atomic E-state index is 0.595. The minimum atomic E-state index is 0.595. The summed E-state index contributed by atoms with van der Waals surface area (Å²) in [7, 11) is 4.27. The molecule has 1 heterocycles. The van der Waals surface area contributed by atoms with E-state index >= 15 is 0 Å². The fourth-order valence-electron chi connectivity index (χ4n) is 2.14. The van der Waals surface area contributed by atoms with Crippen molar-refractivity contribution in [3.63, 3.8) is 0 Å². The number of hydrogen-bond acceptors (Lipinski definition) is 3. The van der Waals surface area contributed by atoms with Crippen molar-refractivity contribution < 1.29 is 0 Å². The highest BCUT2D eigenvalue weighted by Gasteiger charge is 2.26. The summed E-state index contributed by atoms with van der Waals surface area (Å²) in [5, 5.41) is 3.30. The Morgan fingerprint density at radius 3 is 2.21 bits per heavy atom. The SMILES string of the molecule is CN[C@@H](C)CN1CC(C)N(C)C(C)C1. The van der Waals surface area contributed by atoms with Gasteiger partial charge in [-0.2, -0.15) is 0 Å². The number of nitrogens with zero attached hydrogens (tertiary/aromatic N) is 2. The standard InChI is InChI=1S/C11H25N3/c1-9(12-4)6-14-7-10(2)13(5)11(3)8-14/h9-12H,6-8H2,1-5H3/t9-,10?,11?/m0/s1. The van der Waals surface area contributed by atoms with Crippen LogP contribution in [0.25, 0.3) is 0 Å². The van der Waals surface area contributed by atoms with Crippen LogP contribution >= 0.6 is 0 Å². The van der Waals surface area contributed by atoms with Crippen molar-refractivity contribution in [2.75, 3.05) is 33.7 Å². The molecule has 1 N–H and O–H groups in total. The quantitative estimate of drug-likeness (QED) is 0.719. The molecule has 1 aliphatic rings. The first-order chi connectivity index (χ1) is 6.54. The normalized spacial score (nSPS) is 33.2.